The standard InChI is InChI=1S/C13H24N2O3/c1-4-10(16)8-12(17)15-6-5-14-13(18)11(15)7-9(2)3/h9-11,16H,4-8H2,1-3H3,(H,14,18)/t10-,11+/m1/s1. The molecule has 0 aliphatic carbocycles. The number of carbonyl (C=O) groups excluding carboxylic acids is 2. The Labute approximate surface area is 109 Å². The van der Waals surface area contributed by atoms with Crippen molar-refractivity contribution in [2.45, 2.75) is 52.2 Å². The lowest BCUT2D eigenvalue weighted by Gasteiger charge is -2.36. The van der Waals surface area contributed by atoms with Gasteiger partial charge >= 0.3 is 0 Å². The van der Waals surface area contributed by atoms with E-state index < -0.39 is 6.10 Å². The number of hydrogen-bond donors (Lipinski definition) is 2. The number of nitrogens with one attached hydrogen (secondary N) is 1. The minimum atomic E-state index is -0.609. The Morgan fingerprint density at radius 2 is 2.22 bits per heavy atom. The molecule has 0 aromatic heterocycles. The summed E-state index contributed by atoms with van der Waals surface area (Å²) in [6.45, 7) is 6.95. The van der Waals surface area contributed by atoms with Gasteiger partial charge in [-0.3, -0.25) is 9.59 Å². The van der Waals surface area contributed by atoms with Crippen molar-refractivity contribution in [1.82, 2.24) is 10.2 Å². The molecule has 0 aromatic carbocycles. The molecule has 1 rings (SSSR count). The van der Waals surface area contributed by atoms with E-state index in [0.717, 1.165) is 0 Å². The van der Waals surface area contributed by atoms with Gasteiger partial charge in [0.15, 0.2) is 0 Å². The minimum absolute atomic E-state index is 0.0747. The molecule has 1 saturated heterocycles. The summed E-state index contributed by atoms with van der Waals surface area (Å²) < 4.78 is 0. The molecule has 2 N–H and O–H groups in total. The molecule has 1 aliphatic rings. The Morgan fingerprint density at radius 1 is 1.56 bits per heavy atom. The van der Waals surface area contributed by atoms with Crippen LogP contribution in [0.15, 0.2) is 0 Å². The predicted octanol–water partition coefficient (Wildman–Crippen LogP) is 0.520. The first-order valence-corrected chi connectivity index (χ1v) is 6.71. The third kappa shape index (κ3) is 3.98. The molecule has 1 heterocycles. The van der Waals surface area contributed by atoms with E-state index in [1.54, 1.807) is 4.90 Å². The van der Waals surface area contributed by atoms with E-state index in [4.69, 9.17) is 0 Å². The van der Waals surface area contributed by atoms with Crippen molar-refractivity contribution in [1.29, 1.82) is 0 Å². The highest BCUT2D eigenvalue weighted by molar-refractivity contribution is 5.88. The van der Waals surface area contributed by atoms with Gasteiger partial charge in [0.25, 0.3) is 0 Å². The number of carbonyl (C=O) groups is 2. The van der Waals surface area contributed by atoms with Crippen molar-refractivity contribution < 1.29 is 14.7 Å². The zero-order chi connectivity index (χ0) is 13.7. The Morgan fingerprint density at radius 3 is 2.78 bits per heavy atom. The first-order valence-electron chi connectivity index (χ1n) is 6.71. The van der Waals surface area contributed by atoms with Gasteiger partial charge in [0, 0.05) is 13.1 Å². The molecule has 1 aliphatic heterocycles. The highest BCUT2D eigenvalue weighted by Gasteiger charge is 2.33. The number of amides is 2. The summed E-state index contributed by atoms with van der Waals surface area (Å²) in [6.07, 6.45) is 0.723. The van der Waals surface area contributed by atoms with Gasteiger partial charge in [-0.25, -0.2) is 0 Å². The largest absolute Gasteiger partial charge is 0.393 e. The van der Waals surface area contributed by atoms with E-state index in [0.29, 0.717) is 31.8 Å². The second-order valence-corrected chi connectivity index (χ2v) is 5.29. The fourth-order valence-corrected chi connectivity index (χ4v) is 2.16. The lowest BCUT2D eigenvalue weighted by atomic mass is 9.99. The lowest BCUT2D eigenvalue weighted by Crippen LogP contribution is -2.57. The van der Waals surface area contributed by atoms with E-state index in [1.165, 1.54) is 0 Å². The van der Waals surface area contributed by atoms with E-state index in [2.05, 4.69) is 5.32 Å². The average Bonchev–Trinajstić information content (AvgIpc) is 2.30. The summed E-state index contributed by atoms with van der Waals surface area (Å²) in [4.78, 5) is 25.5. The quantitative estimate of drug-likeness (QED) is 0.753. The van der Waals surface area contributed by atoms with Crippen LogP contribution >= 0.6 is 0 Å². The topological polar surface area (TPSA) is 69.6 Å². The molecule has 5 nitrogen and oxygen atoms in total. The fraction of sp³-hybridized carbons (Fsp3) is 0.846. The van der Waals surface area contributed by atoms with Crippen LogP contribution in [0.3, 0.4) is 0 Å². The van der Waals surface area contributed by atoms with E-state index in [-0.39, 0.29) is 24.3 Å². The molecule has 0 spiro atoms. The summed E-state index contributed by atoms with van der Waals surface area (Å²) in [5, 5.41) is 12.3. The molecular weight excluding hydrogens is 232 g/mol. The monoisotopic (exact) mass is 256 g/mol. The van der Waals surface area contributed by atoms with Gasteiger partial charge in [-0.05, 0) is 18.8 Å². The van der Waals surface area contributed by atoms with E-state index in [9.17, 15) is 14.7 Å². The number of hydrogen-bond acceptors (Lipinski definition) is 3. The van der Waals surface area contributed by atoms with Crippen LogP contribution in [0.1, 0.15) is 40.0 Å². The SMILES string of the molecule is CC[C@@H](O)CC(=O)N1CCNC(=O)[C@@H]1CC(C)C. The van der Waals surface area contributed by atoms with Crippen LogP contribution in [-0.2, 0) is 9.59 Å². The summed E-state index contributed by atoms with van der Waals surface area (Å²) in [6, 6.07) is -0.379. The van der Waals surface area contributed by atoms with Crippen molar-refractivity contribution in [2.75, 3.05) is 13.1 Å². The molecule has 0 unspecified atom stereocenters. The number of aliphatic hydroxyl groups excluding tert-OH is 1. The Kier molecular flexibility index (Phi) is 5.59. The van der Waals surface area contributed by atoms with Gasteiger partial charge in [-0.2, -0.15) is 0 Å². The van der Waals surface area contributed by atoms with Crippen molar-refractivity contribution in [3.8, 4) is 0 Å². The zero-order valence-electron chi connectivity index (χ0n) is 11.5. The lowest BCUT2D eigenvalue weighted by molar-refractivity contribution is -0.145. The van der Waals surface area contributed by atoms with Crippen molar-refractivity contribution >= 4 is 11.8 Å². The molecule has 5 heteroatoms. The Hall–Kier alpha value is -1.10. The van der Waals surface area contributed by atoms with Crippen LogP contribution in [-0.4, -0.2) is 47.1 Å². The maximum atomic E-state index is 12.1. The number of nitrogens with zero attached hydrogens (tertiary/aromatic N) is 1. The minimum Gasteiger partial charge on any atom is -0.393 e. The van der Waals surface area contributed by atoms with Crippen LogP contribution in [0.2, 0.25) is 0 Å². The highest BCUT2D eigenvalue weighted by atomic mass is 16.3. The van der Waals surface area contributed by atoms with Crippen LogP contribution in [0.5, 0.6) is 0 Å². The summed E-state index contributed by atoms with van der Waals surface area (Å²) in [5.41, 5.74) is 0. The number of rotatable bonds is 5. The molecule has 0 saturated carbocycles. The molecule has 2 atom stereocenters. The molecule has 1 fully saturated rings. The van der Waals surface area contributed by atoms with Crippen LogP contribution in [0, 0.1) is 5.92 Å². The molecule has 104 valence electrons. The number of piperazine rings is 1. The van der Waals surface area contributed by atoms with Crippen LogP contribution < -0.4 is 5.32 Å². The first-order chi connectivity index (χ1) is 8.45. The highest BCUT2D eigenvalue weighted by Crippen LogP contribution is 2.16. The third-order valence-electron chi connectivity index (χ3n) is 3.23. The second kappa shape index (κ2) is 6.73. The molecular formula is C13H24N2O3. The van der Waals surface area contributed by atoms with Gasteiger partial charge in [0.2, 0.25) is 11.8 Å². The first kappa shape index (κ1) is 15.0. The zero-order valence-corrected chi connectivity index (χ0v) is 11.5. The molecule has 0 aromatic rings. The molecule has 0 radical (unpaired) electrons. The van der Waals surface area contributed by atoms with Gasteiger partial charge in [-0.15, -0.1) is 0 Å². The maximum Gasteiger partial charge on any atom is 0.242 e. The molecule has 0 bridgehead atoms. The maximum absolute atomic E-state index is 12.1. The van der Waals surface area contributed by atoms with Crippen molar-refractivity contribution in [3.63, 3.8) is 0 Å². The van der Waals surface area contributed by atoms with Crippen LogP contribution in [0.25, 0.3) is 0 Å². The fourth-order valence-electron chi connectivity index (χ4n) is 2.16. The van der Waals surface area contributed by atoms with Gasteiger partial charge in [0.1, 0.15) is 6.04 Å². The van der Waals surface area contributed by atoms with Gasteiger partial charge < -0.3 is 15.3 Å². The smallest absolute Gasteiger partial charge is 0.242 e. The normalized spacial score (nSPS) is 21.9. The predicted molar refractivity (Wildman–Crippen MR) is 68.9 cm³/mol. The summed E-state index contributed by atoms with van der Waals surface area (Å²) in [5.74, 6) is 0.157. The van der Waals surface area contributed by atoms with Crippen LogP contribution in [0.4, 0.5) is 0 Å². The number of aliphatic hydroxyl groups is 1. The molecule has 2 amide bonds. The summed E-state index contributed by atoms with van der Waals surface area (Å²) >= 11 is 0. The van der Waals surface area contributed by atoms with Crippen molar-refractivity contribution in [3.05, 3.63) is 0 Å². The molecule has 18 heavy (non-hydrogen) atoms. The van der Waals surface area contributed by atoms with E-state index in [1.807, 2.05) is 20.8 Å². The van der Waals surface area contributed by atoms with E-state index >= 15 is 0 Å². The second-order valence-electron chi connectivity index (χ2n) is 5.29. The third-order valence-corrected chi connectivity index (χ3v) is 3.23. The van der Waals surface area contributed by atoms with Gasteiger partial charge in [0.05, 0.1) is 12.5 Å². The summed E-state index contributed by atoms with van der Waals surface area (Å²) in [7, 11) is 0. The Bertz CT molecular complexity index is 305. The Balaban J connectivity index is 2.69. The average molecular weight is 256 g/mol. The van der Waals surface area contributed by atoms with Crippen molar-refractivity contribution in [2.24, 2.45) is 5.92 Å². The van der Waals surface area contributed by atoms with Gasteiger partial charge in [-0.1, -0.05) is 20.8 Å².